The maximum atomic E-state index is 8.89. The molecule has 94 valence electrons. The molecule has 0 aliphatic rings. The van der Waals surface area contributed by atoms with Crippen LogP contribution in [0.5, 0.6) is 0 Å². The van der Waals surface area contributed by atoms with Crippen LogP contribution in [0, 0.1) is 11.3 Å². The van der Waals surface area contributed by atoms with E-state index in [2.05, 4.69) is 15.6 Å². The highest BCUT2D eigenvalue weighted by molar-refractivity contribution is 5.77. The van der Waals surface area contributed by atoms with E-state index in [9.17, 15) is 0 Å². The fourth-order valence-corrected chi connectivity index (χ4v) is 1.93. The fraction of sp³-hybridized carbons (Fsp3) is 0.429. The molecule has 18 heavy (non-hydrogen) atoms. The molecule has 1 aromatic carbocycles. The van der Waals surface area contributed by atoms with Gasteiger partial charge in [-0.3, -0.25) is 0 Å². The van der Waals surface area contributed by atoms with E-state index in [-0.39, 0.29) is 5.60 Å². The van der Waals surface area contributed by atoms with Crippen molar-refractivity contribution in [2.24, 2.45) is 7.05 Å². The van der Waals surface area contributed by atoms with Gasteiger partial charge in [0.2, 0.25) is 0 Å². The monoisotopic (exact) mass is 243 g/mol. The molecule has 0 aliphatic carbocycles. The van der Waals surface area contributed by atoms with Gasteiger partial charge in [-0.05, 0) is 32.0 Å². The lowest BCUT2D eigenvalue weighted by Gasteiger charge is -2.22. The molecule has 0 fully saturated rings. The minimum absolute atomic E-state index is 0.243. The first-order valence-corrected chi connectivity index (χ1v) is 5.87. The average Bonchev–Trinajstić information content (AvgIpc) is 2.65. The summed E-state index contributed by atoms with van der Waals surface area (Å²) in [6.45, 7) is 4.07. The summed E-state index contributed by atoms with van der Waals surface area (Å²) in [6.07, 6.45) is 0.733. The van der Waals surface area contributed by atoms with Gasteiger partial charge in [0.1, 0.15) is 5.82 Å². The molecule has 1 heterocycles. The quantitative estimate of drug-likeness (QED) is 0.831. The van der Waals surface area contributed by atoms with Crippen molar-refractivity contribution < 1.29 is 4.74 Å². The average molecular weight is 243 g/mol. The molecule has 1 aromatic heterocycles. The highest BCUT2D eigenvalue weighted by Gasteiger charge is 2.21. The molecular weight excluding hydrogens is 226 g/mol. The van der Waals surface area contributed by atoms with Crippen LogP contribution in [0.1, 0.15) is 25.2 Å². The number of hydrogen-bond acceptors (Lipinski definition) is 3. The predicted octanol–water partition coefficient (Wildman–Crippen LogP) is 2.41. The molecule has 4 nitrogen and oxygen atoms in total. The van der Waals surface area contributed by atoms with E-state index in [1.807, 2.05) is 39.1 Å². The molecule has 0 unspecified atom stereocenters. The lowest BCUT2D eigenvalue weighted by molar-refractivity contribution is 0.0211. The third-order valence-electron chi connectivity index (χ3n) is 3.24. The zero-order valence-electron chi connectivity index (χ0n) is 11.2. The molecule has 0 radical (unpaired) electrons. The van der Waals surface area contributed by atoms with Crippen molar-refractivity contribution in [1.82, 2.24) is 9.55 Å². The van der Waals surface area contributed by atoms with Crippen LogP contribution in [0.2, 0.25) is 0 Å². The van der Waals surface area contributed by atoms with Gasteiger partial charge in [0, 0.05) is 20.6 Å². The number of nitrogens with zero attached hydrogens (tertiary/aromatic N) is 3. The van der Waals surface area contributed by atoms with Crippen LogP contribution in [-0.4, -0.2) is 22.3 Å². The molecule has 0 atom stereocenters. The summed E-state index contributed by atoms with van der Waals surface area (Å²) in [5.74, 6) is 0.965. The van der Waals surface area contributed by atoms with E-state index in [0.717, 1.165) is 23.3 Å². The van der Waals surface area contributed by atoms with E-state index in [1.54, 1.807) is 7.11 Å². The van der Waals surface area contributed by atoms with Gasteiger partial charge < -0.3 is 9.30 Å². The molecule has 2 aromatic rings. The van der Waals surface area contributed by atoms with Crippen molar-refractivity contribution in [3.8, 4) is 6.07 Å². The second kappa shape index (κ2) is 4.43. The molecule has 0 saturated heterocycles. The molecule has 0 aliphatic heterocycles. The van der Waals surface area contributed by atoms with E-state index < -0.39 is 0 Å². The van der Waals surface area contributed by atoms with Gasteiger partial charge in [-0.1, -0.05) is 0 Å². The van der Waals surface area contributed by atoms with Gasteiger partial charge >= 0.3 is 0 Å². The van der Waals surface area contributed by atoms with Crippen molar-refractivity contribution in [3.63, 3.8) is 0 Å². The number of imidazole rings is 1. The fourth-order valence-electron chi connectivity index (χ4n) is 1.93. The van der Waals surface area contributed by atoms with Gasteiger partial charge in [-0.25, -0.2) is 4.98 Å². The number of hydrogen-bond donors (Lipinski definition) is 0. The number of aromatic nitrogens is 2. The summed E-state index contributed by atoms with van der Waals surface area (Å²) < 4.78 is 7.48. The highest BCUT2D eigenvalue weighted by atomic mass is 16.5. The van der Waals surface area contributed by atoms with Crippen LogP contribution < -0.4 is 0 Å². The summed E-state index contributed by atoms with van der Waals surface area (Å²) in [7, 11) is 3.69. The molecular formula is C14H17N3O. The van der Waals surface area contributed by atoms with Gasteiger partial charge in [-0.15, -0.1) is 0 Å². The molecule has 0 spiro atoms. The summed E-state index contributed by atoms with van der Waals surface area (Å²) in [5, 5.41) is 8.89. The van der Waals surface area contributed by atoms with Gasteiger partial charge in [0.15, 0.2) is 0 Å². The van der Waals surface area contributed by atoms with Crippen LogP contribution in [0.4, 0.5) is 0 Å². The minimum atomic E-state index is -0.243. The van der Waals surface area contributed by atoms with Gasteiger partial charge in [0.25, 0.3) is 0 Å². The Kier molecular flexibility index (Phi) is 3.10. The van der Waals surface area contributed by atoms with Crippen LogP contribution in [0.3, 0.4) is 0 Å². The van der Waals surface area contributed by atoms with E-state index in [4.69, 9.17) is 10.00 Å². The minimum Gasteiger partial charge on any atom is -0.378 e. The largest absolute Gasteiger partial charge is 0.378 e. The Hall–Kier alpha value is -1.86. The van der Waals surface area contributed by atoms with Crippen LogP contribution >= 0.6 is 0 Å². The Morgan fingerprint density at radius 1 is 1.44 bits per heavy atom. The maximum Gasteiger partial charge on any atom is 0.112 e. The number of methoxy groups -OCH3 is 1. The number of ether oxygens (including phenoxy) is 1. The number of benzene rings is 1. The van der Waals surface area contributed by atoms with E-state index in [1.165, 1.54) is 0 Å². The SMILES string of the molecule is COC(C)(C)Cc1nc2cc(C#N)ccc2n1C. The van der Waals surface area contributed by atoms with Crippen molar-refractivity contribution in [3.05, 3.63) is 29.6 Å². The van der Waals surface area contributed by atoms with Gasteiger partial charge in [0.05, 0.1) is 28.3 Å². The third kappa shape index (κ3) is 2.22. The van der Waals surface area contributed by atoms with E-state index in [0.29, 0.717) is 5.56 Å². The van der Waals surface area contributed by atoms with Crippen LogP contribution in [0.25, 0.3) is 11.0 Å². The Morgan fingerprint density at radius 3 is 2.78 bits per heavy atom. The van der Waals surface area contributed by atoms with Gasteiger partial charge in [-0.2, -0.15) is 5.26 Å². The Balaban J connectivity index is 2.48. The third-order valence-corrected chi connectivity index (χ3v) is 3.24. The molecule has 0 amide bonds. The molecule has 2 rings (SSSR count). The number of fused-ring (bicyclic) bond motifs is 1. The second-order valence-electron chi connectivity index (χ2n) is 5.04. The Labute approximate surface area is 107 Å². The molecule has 4 heteroatoms. The number of nitriles is 1. The van der Waals surface area contributed by atoms with Crippen LogP contribution in [-0.2, 0) is 18.2 Å². The summed E-state index contributed by atoms with van der Waals surface area (Å²) in [4.78, 5) is 4.59. The number of rotatable bonds is 3. The zero-order chi connectivity index (χ0) is 13.3. The second-order valence-corrected chi connectivity index (χ2v) is 5.04. The highest BCUT2D eigenvalue weighted by Crippen LogP contribution is 2.21. The van der Waals surface area contributed by atoms with Crippen molar-refractivity contribution in [2.75, 3.05) is 7.11 Å². The molecule has 0 saturated carbocycles. The first-order valence-electron chi connectivity index (χ1n) is 5.87. The maximum absolute atomic E-state index is 8.89. The number of aryl methyl sites for hydroxylation is 1. The first kappa shape index (κ1) is 12.6. The lowest BCUT2D eigenvalue weighted by Crippen LogP contribution is -2.27. The first-order chi connectivity index (χ1) is 8.46. The normalized spacial score (nSPS) is 11.7. The van der Waals surface area contributed by atoms with Crippen molar-refractivity contribution in [2.45, 2.75) is 25.9 Å². The molecule has 0 bridgehead atoms. The smallest absolute Gasteiger partial charge is 0.112 e. The Bertz CT molecular complexity index is 620. The molecule has 0 N–H and O–H groups in total. The summed E-state index contributed by atoms with van der Waals surface area (Å²) in [5.41, 5.74) is 2.29. The predicted molar refractivity (Wildman–Crippen MR) is 70.2 cm³/mol. The summed E-state index contributed by atoms with van der Waals surface area (Å²) in [6, 6.07) is 7.70. The zero-order valence-corrected chi connectivity index (χ0v) is 11.2. The topological polar surface area (TPSA) is 50.8 Å². The van der Waals surface area contributed by atoms with Crippen molar-refractivity contribution in [1.29, 1.82) is 5.26 Å². The lowest BCUT2D eigenvalue weighted by atomic mass is 10.1. The summed E-state index contributed by atoms with van der Waals surface area (Å²) >= 11 is 0. The van der Waals surface area contributed by atoms with Crippen LogP contribution in [0.15, 0.2) is 18.2 Å². The van der Waals surface area contributed by atoms with Crippen molar-refractivity contribution >= 4 is 11.0 Å². The Morgan fingerprint density at radius 2 is 2.17 bits per heavy atom. The standard InChI is InChI=1S/C14H17N3O/c1-14(2,18-4)8-13-16-11-7-10(9-15)5-6-12(11)17(13)3/h5-7H,8H2,1-4H3. The van der Waals surface area contributed by atoms with E-state index >= 15 is 0 Å².